The molecule has 0 saturated heterocycles. The molecule has 3 heteroatoms. The molecule has 0 atom stereocenters. The van der Waals surface area contributed by atoms with Crippen molar-refractivity contribution in [2.24, 2.45) is 0 Å². The highest BCUT2D eigenvalue weighted by Gasteiger charge is 2.08. The predicted octanol–water partition coefficient (Wildman–Crippen LogP) is 4.59. The molecule has 116 valence electrons. The van der Waals surface area contributed by atoms with Crippen molar-refractivity contribution in [1.29, 1.82) is 0 Å². The van der Waals surface area contributed by atoms with Crippen molar-refractivity contribution in [1.82, 2.24) is 4.90 Å². The highest BCUT2D eigenvalue weighted by Crippen LogP contribution is 2.17. The number of carbonyl (C=O) groups excluding carboxylic acids is 1. The quantitative estimate of drug-likeness (QED) is 0.714. The number of allylic oxidation sites excluding steroid dienone is 1. The molecule has 2 rings (SSSR count). The summed E-state index contributed by atoms with van der Waals surface area (Å²) < 4.78 is 0. The molecular formula is C19H23NOS. The van der Waals surface area contributed by atoms with Crippen molar-refractivity contribution in [3.05, 3.63) is 69.4 Å². The number of hydrogen-bond donors (Lipinski definition) is 0. The molecule has 0 fully saturated rings. The SMILES string of the molecule is CC(=CC(=O)N(C)Cc1ccc(C)s1)CCc1ccccc1. The van der Waals surface area contributed by atoms with Gasteiger partial charge in [-0.3, -0.25) is 4.79 Å². The lowest BCUT2D eigenvalue weighted by atomic mass is 10.1. The lowest BCUT2D eigenvalue weighted by molar-refractivity contribution is -0.125. The highest BCUT2D eigenvalue weighted by molar-refractivity contribution is 7.11. The lowest BCUT2D eigenvalue weighted by Gasteiger charge is -2.14. The van der Waals surface area contributed by atoms with Crippen molar-refractivity contribution in [3.63, 3.8) is 0 Å². The third-order valence-corrected chi connectivity index (χ3v) is 4.57. The lowest BCUT2D eigenvalue weighted by Crippen LogP contribution is -2.24. The second-order valence-corrected chi connectivity index (χ2v) is 7.06. The van der Waals surface area contributed by atoms with Gasteiger partial charge in [0.2, 0.25) is 5.91 Å². The van der Waals surface area contributed by atoms with Gasteiger partial charge < -0.3 is 4.90 Å². The van der Waals surface area contributed by atoms with Crippen LogP contribution in [0.1, 0.15) is 28.7 Å². The Labute approximate surface area is 137 Å². The molecule has 2 nitrogen and oxygen atoms in total. The van der Waals surface area contributed by atoms with Gasteiger partial charge in [0.1, 0.15) is 0 Å². The van der Waals surface area contributed by atoms with Crippen LogP contribution in [0.4, 0.5) is 0 Å². The molecule has 0 aliphatic heterocycles. The maximum atomic E-state index is 12.2. The van der Waals surface area contributed by atoms with Crippen LogP contribution >= 0.6 is 11.3 Å². The Morgan fingerprint density at radius 3 is 2.55 bits per heavy atom. The van der Waals surface area contributed by atoms with E-state index in [1.165, 1.54) is 15.3 Å². The summed E-state index contributed by atoms with van der Waals surface area (Å²) in [7, 11) is 1.86. The molecule has 0 aliphatic carbocycles. The fraction of sp³-hybridized carbons (Fsp3) is 0.316. The molecule has 0 radical (unpaired) electrons. The third-order valence-electron chi connectivity index (χ3n) is 3.59. The molecule has 2 aromatic rings. The minimum atomic E-state index is 0.0802. The van der Waals surface area contributed by atoms with E-state index in [0.29, 0.717) is 6.54 Å². The van der Waals surface area contributed by atoms with E-state index in [0.717, 1.165) is 18.4 Å². The average Bonchev–Trinajstić information content (AvgIpc) is 2.91. The summed E-state index contributed by atoms with van der Waals surface area (Å²) in [5.74, 6) is 0.0802. The minimum Gasteiger partial charge on any atom is -0.337 e. The first kappa shape index (κ1) is 16.5. The van der Waals surface area contributed by atoms with E-state index in [4.69, 9.17) is 0 Å². The number of carbonyl (C=O) groups is 1. The summed E-state index contributed by atoms with van der Waals surface area (Å²) in [6.45, 7) is 4.80. The Morgan fingerprint density at radius 2 is 1.91 bits per heavy atom. The normalized spacial score (nSPS) is 11.5. The first-order valence-electron chi connectivity index (χ1n) is 7.56. The maximum Gasteiger partial charge on any atom is 0.246 e. The molecule has 0 N–H and O–H groups in total. The molecule has 0 spiro atoms. The molecule has 0 bridgehead atoms. The molecule has 0 unspecified atom stereocenters. The summed E-state index contributed by atoms with van der Waals surface area (Å²) >= 11 is 1.75. The van der Waals surface area contributed by atoms with Gasteiger partial charge in [0.25, 0.3) is 0 Å². The Hall–Kier alpha value is -1.87. The Balaban J connectivity index is 1.85. The molecule has 1 heterocycles. The largest absolute Gasteiger partial charge is 0.337 e. The molecular weight excluding hydrogens is 290 g/mol. The van der Waals surface area contributed by atoms with E-state index in [2.05, 4.69) is 43.3 Å². The van der Waals surface area contributed by atoms with Crippen molar-refractivity contribution in [3.8, 4) is 0 Å². The zero-order valence-corrected chi connectivity index (χ0v) is 14.3. The molecule has 22 heavy (non-hydrogen) atoms. The molecule has 1 aromatic carbocycles. The van der Waals surface area contributed by atoms with E-state index in [9.17, 15) is 4.79 Å². The van der Waals surface area contributed by atoms with E-state index in [-0.39, 0.29) is 5.91 Å². The van der Waals surface area contributed by atoms with Crippen molar-refractivity contribution < 1.29 is 4.79 Å². The monoisotopic (exact) mass is 313 g/mol. The second kappa shape index (κ2) is 7.95. The van der Waals surface area contributed by atoms with Crippen LogP contribution < -0.4 is 0 Å². The summed E-state index contributed by atoms with van der Waals surface area (Å²) in [4.78, 5) is 16.5. The van der Waals surface area contributed by atoms with Crippen LogP contribution in [0.15, 0.2) is 54.1 Å². The predicted molar refractivity (Wildman–Crippen MR) is 94.1 cm³/mol. The van der Waals surface area contributed by atoms with Crippen LogP contribution in [0.25, 0.3) is 0 Å². The fourth-order valence-electron chi connectivity index (χ4n) is 2.26. The number of rotatable bonds is 6. The third kappa shape index (κ3) is 5.15. The van der Waals surface area contributed by atoms with Crippen molar-refractivity contribution >= 4 is 17.2 Å². The van der Waals surface area contributed by atoms with Gasteiger partial charge in [-0.15, -0.1) is 11.3 Å². The summed E-state index contributed by atoms with van der Waals surface area (Å²) in [6.07, 6.45) is 3.66. The molecule has 0 saturated carbocycles. The summed E-state index contributed by atoms with van der Waals surface area (Å²) in [5, 5.41) is 0. The standard InChI is InChI=1S/C19H23NOS/c1-15(9-11-17-7-5-4-6-8-17)13-19(21)20(3)14-18-12-10-16(2)22-18/h4-8,10,12-13H,9,11,14H2,1-3H3. The van der Waals surface area contributed by atoms with Gasteiger partial charge in [0.15, 0.2) is 0 Å². The van der Waals surface area contributed by atoms with Crippen LogP contribution in [-0.2, 0) is 17.8 Å². The van der Waals surface area contributed by atoms with E-state index in [1.54, 1.807) is 22.3 Å². The Kier molecular flexibility index (Phi) is 5.96. The van der Waals surface area contributed by atoms with Crippen LogP contribution in [0.2, 0.25) is 0 Å². The number of aryl methyl sites for hydroxylation is 2. The zero-order valence-electron chi connectivity index (χ0n) is 13.5. The second-order valence-electron chi connectivity index (χ2n) is 5.68. The molecule has 1 amide bonds. The number of nitrogens with zero attached hydrogens (tertiary/aromatic N) is 1. The summed E-state index contributed by atoms with van der Waals surface area (Å²) in [5.41, 5.74) is 2.44. The van der Waals surface area contributed by atoms with Gasteiger partial charge in [-0.05, 0) is 44.4 Å². The van der Waals surface area contributed by atoms with Crippen LogP contribution in [0.3, 0.4) is 0 Å². The average molecular weight is 313 g/mol. The van der Waals surface area contributed by atoms with Gasteiger partial charge in [0.05, 0.1) is 6.54 Å². The van der Waals surface area contributed by atoms with Gasteiger partial charge >= 0.3 is 0 Å². The van der Waals surface area contributed by atoms with Crippen molar-refractivity contribution in [2.45, 2.75) is 33.2 Å². The number of likely N-dealkylation sites (N-methyl/N-ethyl adjacent to an activating group) is 1. The van der Waals surface area contributed by atoms with Crippen LogP contribution in [0, 0.1) is 6.92 Å². The number of benzene rings is 1. The number of hydrogen-bond acceptors (Lipinski definition) is 2. The van der Waals surface area contributed by atoms with Gasteiger partial charge in [-0.2, -0.15) is 0 Å². The fourth-order valence-corrected chi connectivity index (χ4v) is 3.21. The minimum absolute atomic E-state index is 0.0802. The molecule has 1 aromatic heterocycles. The first-order valence-corrected chi connectivity index (χ1v) is 8.38. The van der Waals surface area contributed by atoms with Gasteiger partial charge in [-0.25, -0.2) is 0 Å². The molecule has 0 aliphatic rings. The van der Waals surface area contributed by atoms with Crippen molar-refractivity contribution in [2.75, 3.05) is 7.05 Å². The van der Waals surface area contributed by atoms with Gasteiger partial charge in [0, 0.05) is 22.9 Å². The highest BCUT2D eigenvalue weighted by atomic mass is 32.1. The van der Waals surface area contributed by atoms with E-state index >= 15 is 0 Å². The van der Waals surface area contributed by atoms with E-state index < -0.39 is 0 Å². The number of thiophene rings is 1. The Bertz CT molecular complexity index is 642. The topological polar surface area (TPSA) is 20.3 Å². The van der Waals surface area contributed by atoms with Crippen LogP contribution in [-0.4, -0.2) is 17.9 Å². The maximum absolute atomic E-state index is 12.2. The zero-order chi connectivity index (χ0) is 15.9. The van der Waals surface area contributed by atoms with Gasteiger partial charge in [-0.1, -0.05) is 35.9 Å². The number of amides is 1. The van der Waals surface area contributed by atoms with Crippen LogP contribution in [0.5, 0.6) is 0 Å². The van der Waals surface area contributed by atoms with E-state index in [1.807, 2.05) is 20.0 Å². The first-order chi connectivity index (χ1) is 10.5. The Morgan fingerprint density at radius 1 is 1.18 bits per heavy atom. The summed E-state index contributed by atoms with van der Waals surface area (Å²) in [6, 6.07) is 14.6. The smallest absolute Gasteiger partial charge is 0.246 e.